The zero-order valence-electron chi connectivity index (χ0n) is 8.66. The molecule has 2 unspecified atom stereocenters. The van der Waals surface area contributed by atoms with Crippen molar-refractivity contribution in [3.8, 4) is 0 Å². The summed E-state index contributed by atoms with van der Waals surface area (Å²) in [4.78, 5) is 10.7. The first-order valence-corrected chi connectivity index (χ1v) is 5.54. The van der Waals surface area contributed by atoms with Crippen LogP contribution in [0.2, 0.25) is 5.02 Å². The molecular weight excluding hydrogens is 210 g/mol. The molecule has 1 aromatic rings. The minimum Gasteiger partial charge on any atom is -0.356 e. The van der Waals surface area contributed by atoms with Crippen LogP contribution in [-0.2, 0) is 4.79 Å². The molecule has 2 atom stereocenters. The van der Waals surface area contributed by atoms with Crippen molar-refractivity contribution in [2.45, 2.75) is 19.3 Å². The highest BCUT2D eigenvalue weighted by Crippen LogP contribution is 2.47. The number of hydrogen-bond donors (Lipinski definition) is 1. The van der Waals surface area contributed by atoms with Gasteiger partial charge < -0.3 is 5.32 Å². The molecule has 2 nitrogen and oxygen atoms in total. The summed E-state index contributed by atoms with van der Waals surface area (Å²) in [5.74, 6) is 1.22. The van der Waals surface area contributed by atoms with Crippen molar-refractivity contribution in [3.63, 3.8) is 0 Å². The van der Waals surface area contributed by atoms with E-state index in [-0.39, 0.29) is 5.91 Å². The van der Waals surface area contributed by atoms with E-state index in [4.69, 9.17) is 11.6 Å². The lowest BCUT2D eigenvalue weighted by molar-refractivity contribution is -0.119. The van der Waals surface area contributed by atoms with Gasteiger partial charge in [-0.3, -0.25) is 4.79 Å². The monoisotopic (exact) mass is 223 g/mol. The average molecular weight is 224 g/mol. The fourth-order valence-corrected chi connectivity index (χ4v) is 2.09. The Morgan fingerprint density at radius 2 is 2.40 bits per heavy atom. The van der Waals surface area contributed by atoms with Crippen LogP contribution in [0.4, 0.5) is 0 Å². The Kier molecular flexibility index (Phi) is 2.96. The van der Waals surface area contributed by atoms with Crippen molar-refractivity contribution >= 4 is 17.5 Å². The van der Waals surface area contributed by atoms with Crippen LogP contribution in [0.1, 0.15) is 24.8 Å². The van der Waals surface area contributed by atoms with Crippen molar-refractivity contribution in [3.05, 3.63) is 34.9 Å². The van der Waals surface area contributed by atoms with E-state index in [1.165, 1.54) is 5.56 Å². The van der Waals surface area contributed by atoms with Crippen LogP contribution in [0.15, 0.2) is 24.3 Å². The second-order valence-electron chi connectivity index (χ2n) is 4.09. The third-order valence-electron chi connectivity index (χ3n) is 2.81. The summed E-state index contributed by atoms with van der Waals surface area (Å²) in [6.45, 7) is 2.34. The van der Waals surface area contributed by atoms with Crippen LogP contribution in [-0.4, -0.2) is 12.5 Å². The third-order valence-corrected chi connectivity index (χ3v) is 3.05. The molecule has 0 aromatic heterocycles. The topological polar surface area (TPSA) is 29.1 Å². The molecule has 0 heterocycles. The van der Waals surface area contributed by atoms with Gasteiger partial charge in [-0.05, 0) is 36.0 Å². The van der Waals surface area contributed by atoms with Crippen LogP contribution in [0.3, 0.4) is 0 Å². The molecule has 1 N–H and O–H groups in total. The second-order valence-corrected chi connectivity index (χ2v) is 4.53. The number of nitrogens with one attached hydrogen (secondary N) is 1. The van der Waals surface area contributed by atoms with Crippen molar-refractivity contribution in [2.24, 2.45) is 5.92 Å². The predicted molar refractivity (Wildman–Crippen MR) is 61.0 cm³/mol. The summed E-state index contributed by atoms with van der Waals surface area (Å²) in [7, 11) is 0. The number of halogens is 1. The Hall–Kier alpha value is -1.02. The van der Waals surface area contributed by atoms with Crippen LogP contribution < -0.4 is 5.32 Å². The average Bonchev–Trinajstić information content (AvgIpc) is 2.94. The molecular formula is C12H14ClNO. The Morgan fingerprint density at radius 3 is 3.07 bits per heavy atom. The van der Waals surface area contributed by atoms with E-state index in [1.807, 2.05) is 18.2 Å². The second kappa shape index (κ2) is 4.23. The molecule has 0 saturated heterocycles. The predicted octanol–water partition coefficient (Wildman–Crippen LogP) is 2.58. The first-order valence-electron chi connectivity index (χ1n) is 5.16. The SMILES string of the molecule is CC(=O)NCC1CC1c1cccc(Cl)c1. The van der Waals surface area contributed by atoms with Gasteiger partial charge in [0.15, 0.2) is 0 Å². The molecule has 1 aliphatic rings. The van der Waals surface area contributed by atoms with Crippen molar-refractivity contribution in [2.75, 3.05) is 6.54 Å². The van der Waals surface area contributed by atoms with Gasteiger partial charge in [-0.2, -0.15) is 0 Å². The van der Waals surface area contributed by atoms with E-state index in [0.29, 0.717) is 11.8 Å². The molecule has 1 fully saturated rings. The summed E-state index contributed by atoms with van der Waals surface area (Å²) in [5.41, 5.74) is 1.29. The Balaban J connectivity index is 1.90. The number of hydrogen-bond acceptors (Lipinski definition) is 1. The maximum absolute atomic E-state index is 10.7. The molecule has 2 rings (SSSR count). The van der Waals surface area contributed by atoms with E-state index in [1.54, 1.807) is 6.92 Å². The normalized spacial score (nSPS) is 23.6. The summed E-state index contributed by atoms with van der Waals surface area (Å²) in [5, 5.41) is 3.64. The van der Waals surface area contributed by atoms with E-state index in [2.05, 4.69) is 11.4 Å². The van der Waals surface area contributed by atoms with Crippen LogP contribution in [0, 0.1) is 5.92 Å². The maximum atomic E-state index is 10.7. The minimum atomic E-state index is 0.0479. The fourth-order valence-electron chi connectivity index (χ4n) is 1.89. The first kappa shape index (κ1) is 10.5. The van der Waals surface area contributed by atoms with Crippen LogP contribution >= 0.6 is 11.6 Å². The van der Waals surface area contributed by atoms with E-state index in [0.717, 1.165) is 18.0 Å². The molecule has 1 aromatic carbocycles. The lowest BCUT2D eigenvalue weighted by Gasteiger charge is -2.02. The first-order chi connectivity index (χ1) is 7.16. The highest BCUT2D eigenvalue weighted by Gasteiger charge is 2.37. The third kappa shape index (κ3) is 2.72. The minimum absolute atomic E-state index is 0.0479. The smallest absolute Gasteiger partial charge is 0.216 e. The van der Waals surface area contributed by atoms with Gasteiger partial charge in [-0.15, -0.1) is 0 Å². The van der Waals surface area contributed by atoms with Gasteiger partial charge in [-0.25, -0.2) is 0 Å². The van der Waals surface area contributed by atoms with Crippen molar-refractivity contribution in [1.29, 1.82) is 0 Å². The summed E-state index contributed by atoms with van der Waals surface area (Å²) < 4.78 is 0. The zero-order valence-corrected chi connectivity index (χ0v) is 9.42. The van der Waals surface area contributed by atoms with Crippen LogP contribution in [0.25, 0.3) is 0 Å². The van der Waals surface area contributed by atoms with Gasteiger partial charge in [0.1, 0.15) is 0 Å². The molecule has 3 heteroatoms. The van der Waals surface area contributed by atoms with E-state index >= 15 is 0 Å². The molecule has 1 saturated carbocycles. The van der Waals surface area contributed by atoms with Gasteiger partial charge in [0.05, 0.1) is 0 Å². The lowest BCUT2D eigenvalue weighted by Crippen LogP contribution is -2.22. The molecule has 0 spiro atoms. The summed E-state index contributed by atoms with van der Waals surface area (Å²) in [6, 6.07) is 7.98. The molecule has 1 aliphatic carbocycles. The molecule has 1 amide bonds. The fraction of sp³-hybridized carbons (Fsp3) is 0.417. The Morgan fingerprint density at radius 1 is 1.60 bits per heavy atom. The van der Waals surface area contributed by atoms with Crippen LogP contribution in [0.5, 0.6) is 0 Å². The van der Waals surface area contributed by atoms with E-state index in [9.17, 15) is 4.79 Å². The van der Waals surface area contributed by atoms with Gasteiger partial charge in [0, 0.05) is 18.5 Å². The highest BCUT2D eigenvalue weighted by molar-refractivity contribution is 6.30. The van der Waals surface area contributed by atoms with Crippen molar-refractivity contribution in [1.82, 2.24) is 5.32 Å². The molecule has 80 valence electrons. The number of benzene rings is 1. The van der Waals surface area contributed by atoms with E-state index < -0.39 is 0 Å². The Labute approximate surface area is 94.6 Å². The zero-order chi connectivity index (χ0) is 10.8. The highest BCUT2D eigenvalue weighted by atomic mass is 35.5. The van der Waals surface area contributed by atoms with Crippen molar-refractivity contribution < 1.29 is 4.79 Å². The molecule has 15 heavy (non-hydrogen) atoms. The summed E-state index contributed by atoms with van der Waals surface area (Å²) >= 11 is 5.92. The standard InChI is InChI=1S/C12H14ClNO/c1-8(15)14-7-10-6-12(10)9-3-2-4-11(13)5-9/h2-5,10,12H,6-7H2,1H3,(H,14,15). The molecule has 0 radical (unpaired) electrons. The van der Waals surface area contributed by atoms with Gasteiger partial charge in [-0.1, -0.05) is 23.7 Å². The quantitative estimate of drug-likeness (QED) is 0.839. The van der Waals surface area contributed by atoms with Gasteiger partial charge in [0.25, 0.3) is 0 Å². The van der Waals surface area contributed by atoms with Gasteiger partial charge in [0.2, 0.25) is 5.91 Å². The number of carbonyl (C=O) groups is 1. The summed E-state index contributed by atoms with van der Waals surface area (Å²) in [6.07, 6.45) is 1.15. The Bertz CT molecular complexity index is 378. The number of rotatable bonds is 3. The number of carbonyl (C=O) groups excluding carboxylic acids is 1. The maximum Gasteiger partial charge on any atom is 0.216 e. The molecule has 0 aliphatic heterocycles. The number of amides is 1. The molecule has 0 bridgehead atoms. The lowest BCUT2D eigenvalue weighted by atomic mass is 10.1. The largest absolute Gasteiger partial charge is 0.356 e. The van der Waals surface area contributed by atoms with Gasteiger partial charge >= 0.3 is 0 Å².